The van der Waals surface area contributed by atoms with E-state index in [1.54, 1.807) is 11.1 Å². The molecule has 0 nitrogen and oxygen atoms in total. The number of benzene rings is 4. The fourth-order valence-corrected chi connectivity index (χ4v) is 9.64. The number of allylic oxidation sites excluding steroid dienone is 1. The van der Waals surface area contributed by atoms with E-state index in [0.717, 1.165) is 3.63 Å². The van der Waals surface area contributed by atoms with Crippen molar-refractivity contribution in [3.8, 4) is 11.1 Å². The summed E-state index contributed by atoms with van der Waals surface area (Å²) in [6.45, 7) is 2.32. The van der Waals surface area contributed by atoms with Crippen molar-refractivity contribution in [1.82, 2.24) is 0 Å². The van der Waals surface area contributed by atoms with E-state index in [4.69, 9.17) is 0 Å². The molecular weight excluding hydrogens is 416 g/mol. The Morgan fingerprint density at radius 3 is 2.29 bits per heavy atom. The summed E-state index contributed by atoms with van der Waals surface area (Å²) in [5, 5.41) is 5.36. The van der Waals surface area contributed by atoms with Gasteiger partial charge in [0, 0.05) is 0 Å². The van der Waals surface area contributed by atoms with E-state index in [9.17, 15) is 0 Å². The molecule has 0 N–H and O–H groups in total. The van der Waals surface area contributed by atoms with Gasteiger partial charge < -0.3 is 0 Å². The standard InChI is InChI=1S/C25H19.2CH3.Zr/c1-2-17-15-19-8-5-10-23(25(19)16-17)22-12-6-11-21-20-9-4-3-7-18(20)13-14-24(21)22;;;/h3-16H,2H2,1H3;2*1H3;. The average Bonchev–Trinajstić information content (AvgIpc) is 3.12. The first-order valence-corrected chi connectivity index (χ1v) is 16.6. The van der Waals surface area contributed by atoms with Gasteiger partial charge in [-0.1, -0.05) is 0 Å². The minimum atomic E-state index is -1.39. The van der Waals surface area contributed by atoms with E-state index in [1.807, 2.05) is 0 Å². The van der Waals surface area contributed by atoms with E-state index in [-0.39, 0.29) is 0 Å². The van der Waals surface area contributed by atoms with Gasteiger partial charge in [0.25, 0.3) is 0 Å². The molecule has 0 spiro atoms. The number of hydrogen-bond donors (Lipinski definition) is 0. The van der Waals surface area contributed by atoms with Crippen LogP contribution in [0.1, 0.15) is 28.1 Å². The summed E-state index contributed by atoms with van der Waals surface area (Å²) in [4.78, 5) is 0. The molecule has 0 radical (unpaired) electrons. The Balaban J connectivity index is 1.79. The van der Waals surface area contributed by atoms with Crippen LogP contribution in [0, 0.1) is 0 Å². The molecule has 1 heteroatoms. The van der Waals surface area contributed by atoms with Gasteiger partial charge in [-0.3, -0.25) is 0 Å². The second-order valence-corrected chi connectivity index (χ2v) is 14.8. The summed E-state index contributed by atoms with van der Waals surface area (Å²) >= 11 is -1.39. The third-order valence-corrected chi connectivity index (χ3v) is 10.7. The van der Waals surface area contributed by atoms with Gasteiger partial charge in [-0.05, 0) is 0 Å². The summed E-state index contributed by atoms with van der Waals surface area (Å²) in [5.41, 5.74) is 7.49. The van der Waals surface area contributed by atoms with Crippen LogP contribution in [0.5, 0.6) is 0 Å². The third kappa shape index (κ3) is 2.75. The topological polar surface area (TPSA) is 0 Å². The second kappa shape index (κ2) is 7.12. The zero-order valence-corrected chi connectivity index (χ0v) is 19.2. The molecule has 0 saturated carbocycles. The molecule has 1 aliphatic carbocycles. The predicted molar refractivity (Wildman–Crippen MR) is 120 cm³/mol. The summed E-state index contributed by atoms with van der Waals surface area (Å²) in [6, 6.07) is 27.1. The van der Waals surface area contributed by atoms with Crippen molar-refractivity contribution < 1.29 is 21.8 Å². The molecule has 1 atom stereocenters. The molecule has 0 aliphatic heterocycles. The molecule has 0 fully saturated rings. The van der Waals surface area contributed by atoms with Gasteiger partial charge in [-0.25, -0.2) is 0 Å². The van der Waals surface area contributed by atoms with Gasteiger partial charge >= 0.3 is 176 Å². The van der Waals surface area contributed by atoms with Gasteiger partial charge in [0.2, 0.25) is 0 Å². The van der Waals surface area contributed by atoms with Crippen LogP contribution in [0.3, 0.4) is 0 Å². The van der Waals surface area contributed by atoms with E-state index < -0.39 is 21.8 Å². The summed E-state index contributed by atoms with van der Waals surface area (Å²) in [7, 11) is 0. The molecule has 5 rings (SSSR count). The van der Waals surface area contributed by atoms with Crippen LogP contribution < -0.4 is 0 Å². The molecule has 0 saturated heterocycles. The van der Waals surface area contributed by atoms with Crippen molar-refractivity contribution in [2.45, 2.75) is 26.2 Å². The van der Waals surface area contributed by atoms with Crippen LogP contribution in [0.25, 0.3) is 38.7 Å². The quantitative estimate of drug-likeness (QED) is 0.281. The molecule has 28 heavy (non-hydrogen) atoms. The van der Waals surface area contributed by atoms with Gasteiger partial charge in [0.05, 0.1) is 0 Å². The van der Waals surface area contributed by atoms with Crippen LogP contribution >= 0.6 is 0 Å². The third-order valence-electron chi connectivity index (χ3n) is 6.21. The molecule has 0 amide bonds. The fourth-order valence-electron chi connectivity index (χ4n) is 4.96. The molecule has 0 heterocycles. The van der Waals surface area contributed by atoms with Gasteiger partial charge in [-0.2, -0.15) is 0 Å². The summed E-state index contributed by atoms with van der Waals surface area (Å²) < 4.78 is 5.84. The predicted octanol–water partition coefficient (Wildman–Crippen LogP) is 8.22. The zero-order valence-electron chi connectivity index (χ0n) is 16.8. The Hall–Kier alpha value is -1.98. The van der Waals surface area contributed by atoms with Crippen molar-refractivity contribution in [2.24, 2.45) is 0 Å². The van der Waals surface area contributed by atoms with E-state index in [2.05, 4.69) is 95.1 Å². The minimum absolute atomic E-state index is 0.748. The van der Waals surface area contributed by atoms with Crippen molar-refractivity contribution in [3.05, 3.63) is 89.5 Å². The van der Waals surface area contributed by atoms with Crippen molar-refractivity contribution >= 4 is 27.6 Å². The Morgan fingerprint density at radius 1 is 0.714 bits per heavy atom. The van der Waals surface area contributed by atoms with Crippen LogP contribution in [0.15, 0.2) is 78.4 Å². The summed E-state index contributed by atoms with van der Waals surface area (Å²) in [5.74, 6) is 0. The Bertz CT molecular complexity index is 1230. The number of hydrogen-bond acceptors (Lipinski definition) is 0. The monoisotopic (exact) mass is 439 g/mol. The zero-order chi connectivity index (χ0) is 19.3. The van der Waals surface area contributed by atoms with Gasteiger partial charge in [-0.15, -0.1) is 0 Å². The summed E-state index contributed by atoms with van der Waals surface area (Å²) in [6.07, 6.45) is 3.69. The first kappa shape index (κ1) is 18.1. The SMILES string of the molecule is CCC1=Cc2c(-c3cccc4c3ccc3ccccc34)cccc2[CH]1[Zr]([CH3])[CH3]. The molecule has 4 aromatic carbocycles. The maximum atomic E-state index is 2.54. The maximum absolute atomic E-state index is 2.54. The van der Waals surface area contributed by atoms with Crippen LogP contribution in [0.4, 0.5) is 0 Å². The Labute approximate surface area is 175 Å². The second-order valence-electron chi connectivity index (χ2n) is 8.08. The van der Waals surface area contributed by atoms with Gasteiger partial charge in [0.15, 0.2) is 0 Å². The van der Waals surface area contributed by atoms with Crippen LogP contribution in [0.2, 0.25) is 9.26 Å². The van der Waals surface area contributed by atoms with Crippen molar-refractivity contribution in [3.63, 3.8) is 0 Å². The van der Waals surface area contributed by atoms with Crippen LogP contribution in [-0.4, -0.2) is 0 Å². The van der Waals surface area contributed by atoms with Crippen molar-refractivity contribution in [2.75, 3.05) is 0 Å². The molecule has 1 aliphatic rings. The first-order valence-electron chi connectivity index (χ1n) is 10.2. The molecule has 137 valence electrons. The normalized spacial score (nSPS) is 15.7. The Morgan fingerprint density at radius 2 is 1.46 bits per heavy atom. The van der Waals surface area contributed by atoms with E-state index in [0.29, 0.717) is 0 Å². The van der Waals surface area contributed by atoms with Gasteiger partial charge in [0.1, 0.15) is 0 Å². The molecule has 4 aromatic rings. The molecule has 0 aromatic heterocycles. The average molecular weight is 441 g/mol. The Kier molecular flexibility index (Phi) is 4.60. The number of fused-ring (bicyclic) bond motifs is 4. The fraction of sp³-hybridized carbons (Fsp3) is 0.185. The number of rotatable bonds is 3. The first-order chi connectivity index (χ1) is 13.7. The van der Waals surface area contributed by atoms with E-state index >= 15 is 0 Å². The molecular formula is C27H25Zr. The van der Waals surface area contributed by atoms with Crippen LogP contribution in [-0.2, 0) is 21.8 Å². The molecule has 0 bridgehead atoms. The van der Waals surface area contributed by atoms with Crippen molar-refractivity contribution in [1.29, 1.82) is 0 Å². The molecule has 1 unspecified atom stereocenters. The van der Waals surface area contributed by atoms with E-state index in [1.165, 1.54) is 44.7 Å².